The van der Waals surface area contributed by atoms with Crippen LogP contribution in [0.2, 0.25) is 0 Å². The third-order valence-electron chi connectivity index (χ3n) is 3.38. The number of fused-ring (bicyclic) bond motifs is 1. The van der Waals surface area contributed by atoms with Crippen molar-refractivity contribution in [2.45, 2.75) is 13.0 Å². The lowest BCUT2D eigenvalue weighted by molar-refractivity contribution is 0.606. The molecule has 3 rings (SSSR count). The zero-order valence-corrected chi connectivity index (χ0v) is 11.5. The van der Waals surface area contributed by atoms with Gasteiger partial charge in [0.05, 0.1) is 17.3 Å². The van der Waals surface area contributed by atoms with Crippen LogP contribution >= 0.6 is 0 Å². The van der Waals surface area contributed by atoms with Gasteiger partial charge in [0.15, 0.2) is 0 Å². The van der Waals surface area contributed by atoms with Crippen molar-refractivity contribution in [3.8, 4) is 0 Å². The molecule has 2 aromatic heterocycles. The van der Waals surface area contributed by atoms with Gasteiger partial charge in [-0.3, -0.25) is 15.5 Å². The summed E-state index contributed by atoms with van der Waals surface area (Å²) in [6.07, 6.45) is 1.91. The number of hydrogen-bond acceptors (Lipinski definition) is 4. The summed E-state index contributed by atoms with van der Waals surface area (Å²) < 4.78 is 1.77. The van der Waals surface area contributed by atoms with Gasteiger partial charge in [0.25, 0.3) is 0 Å². The van der Waals surface area contributed by atoms with Crippen molar-refractivity contribution in [3.63, 3.8) is 0 Å². The summed E-state index contributed by atoms with van der Waals surface area (Å²) in [6, 6.07) is 11.9. The molecule has 0 spiro atoms. The van der Waals surface area contributed by atoms with Crippen molar-refractivity contribution in [2.75, 3.05) is 0 Å². The first-order valence-electron chi connectivity index (χ1n) is 6.51. The van der Waals surface area contributed by atoms with E-state index < -0.39 is 0 Å². The van der Waals surface area contributed by atoms with Crippen molar-refractivity contribution in [1.82, 2.24) is 20.2 Å². The zero-order chi connectivity index (χ0) is 14.1. The topological polar surface area (TPSA) is 68.8 Å². The van der Waals surface area contributed by atoms with E-state index in [2.05, 4.69) is 27.6 Å². The van der Waals surface area contributed by atoms with Gasteiger partial charge in [-0.15, -0.1) is 0 Å². The molecule has 0 aliphatic rings. The van der Waals surface area contributed by atoms with E-state index in [0.29, 0.717) is 0 Å². The maximum atomic E-state index is 5.77. The smallest absolute Gasteiger partial charge is 0.0907 e. The van der Waals surface area contributed by atoms with E-state index in [0.717, 1.165) is 27.9 Å². The van der Waals surface area contributed by atoms with Crippen LogP contribution in [0.25, 0.3) is 10.9 Å². The van der Waals surface area contributed by atoms with Crippen molar-refractivity contribution in [2.24, 2.45) is 12.9 Å². The summed E-state index contributed by atoms with van der Waals surface area (Å²) in [5.41, 5.74) is 6.79. The second-order valence-corrected chi connectivity index (χ2v) is 4.88. The summed E-state index contributed by atoms with van der Waals surface area (Å²) in [6.45, 7) is 1.99. The highest BCUT2D eigenvalue weighted by atomic mass is 15.3. The summed E-state index contributed by atoms with van der Waals surface area (Å²) in [4.78, 5) is 4.56. The number of aryl methyl sites for hydroxylation is 2. The van der Waals surface area contributed by atoms with Crippen LogP contribution in [-0.2, 0) is 7.05 Å². The Kier molecular flexibility index (Phi) is 3.22. The molecular formula is C15H17N5. The molecule has 3 N–H and O–H groups in total. The van der Waals surface area contributed by atoms with Crippen molar-refractivity contribution in [1.29, 1.82) is 0 Å². The minimum absolute atomic E-state index is 0.150. The Labute approximate surface area is 117 Å². The molecule has 0 saturated carbocycles. The average Bonchev–Trinajstić information content (AvgIpc) is 2.86. The minimum atomic E-state index is -0.150. The lowest BCUT2D eigenvalue weighted by Gasteiger charge is -2.17. The first-order chi connectivity index (χ1) is 9.69. The number of hydrogen-bond donors (Lipinski definition) is 2. The van der Waals surface area contributed by atoms with E-state index in [9.17, 15) is 0 Å². The van der Waals surface area contributed by atoms with Gasteiger partial charge in [0, 0.05) is 24.3 Å². The van der Waals surface area contributed by atoms with Crippen LogP contribution in [0.5, 0.6) is 0 Å². The minimum Gasteiger partial charge on any atom is -0.275 e. The predicted octanol–water partition coefficient (Wildman–Crippen LogP) is 1.83. The fourth-order valence-electron chi connectivity index (χ4n) is 2.50. The zero-order valence-electron chi connectivity index (χ0n) is 11.5. The Morgan fingerprint density at radius 1 is 1.25 bits per heavy atom. The van der Waals surface area contributed by atoms with E-state index in [1.807, 2.05) is 44.4 Å². The Balaban J connectivity index is 2.21. The second-order valence-electron chi connectivity index (χ2n) is 4.88. The van der Waals surface area contributed by atoms with Gasteiger partial charge in [0.2, 0.25) is 0 Å². The van der Waals surface area contributed by atoms with Gasteiger partial charge >= 0.3 is 0 Å². The van der Waals surface area contributed by atoms with Crippen molar-refractivity contribution in [3.05, 3.63) is 59.5 Å². The lowest BCUT2D eigenvalue weighted by Crippen LogP contribution is -2.29. The first kappa shape index (κ1) is 12.8. The molecule has 0 radical (unpaired) electrons. The Morgan fingerprint density at radius 3 is 2.75 bits per heavy atom. The fourth-order valence-corrected chi connectivity index (χ4v) is 2.50. The van der Waals surface area contributed by atoms with E-state index >= 15 is 0 Å². The molecule has 0 fully saturated rings. The molecule has 102 valence electrons. The van der Waals surface area contributed by atoms with Crippen LogP contribution in [0.3, 0.4) is 0 Å². The molecule has 0 aliphatic heterocycles. The normalized spacial score (nSPS) is 12.8. The molecule has 0 saturated heterocycles. The maximum absolute atomic E-state index is 5.77. The third-order valence-corrected chi connectivity index (χ3v) is 3.38. The molecule has 0 aliphatic carbocycles. The molecule has 1 unspecified atom stereocenters. The van der Waals surface area contributed by atoms with Crippen LogP contribution in [-0.4, -0.2) is 14.8 Å². The summed E-state index contributed by atoms with van der Waals surface area (Å²) in [7, 11) is 1.90. The number of rotatable bonds is 3. The summed E-state index contributed by atoms with van der Waals surface area (Å²) in [5, 5.41) is 5.54. The molecule has 5 nitrogen and oxygen atoms in total. The van der Waals surface area contributed by atoms with E-state index in [1.165, 1.54) is 0 Å². The average molecular weight is 267 g/mol. The SMILES string of the molecule is Cc1cc(C(NN)c2ccn(C)n2)c2ccccc2n1. The van der Waals surface area contributed by atoms with Crippen LogP contribution in [0, 0.1) is 6.92 Å². The standard InChI is InChI=1S/C15H17N5/c1-10-9-12(11-5-3-4-6-13(11)17-10)15(18-16)14-7-8-20(2)19-14/h3-9,15,18H,16H2,1-2H3. The molecule has 3 aromatic rings. The number of nitrogens with one attached hydrogen (secondary N) is 1. The summed E-state index contributed by atoms with van der Waals surface area (Å²) in [5.74, 6) is 5.77. The van der Waals surface area contributed by atoms with Crippen molar-refractivity contribution >= 4 is 10.9 Å². The van der Waals surface area contributed by atoms with Gasteiger partial charge in [-0.05, 0) is 30.7 Å². The number of benzene rings is 1. The van der Waals surface area contributed by atoms with E-state index in [-0.39, 0.29) is 6.04 Å². The van der Waals surface area contributed by atoms with Gasteiger partial charge in [0.1, 0.15) is 0 Å². The van der Waals surface area contributed by atoms with Gasteiger partial charge in [-0.25, -0.2) is 5.43 Å². The van der Waals surface area contributed by atoms with Crippen LogP contribution < -0.4 is 11.3 Å². The lowest BCUT2D eigenvalue weighted by atomic mass is 9.99. The largest absolute Gasteiger partial charge is 0.275 e. The molecular weight excluding hydrogens is 250 g/mol. The molecule has 5 heteroatoms. The number of aromatic nitrogens is 3. The highest BCUT2D eigenvalue weighted by Crippen LogP contribution is 2.27. The highest BCUT2D eigenvalue weighted by Gasteiger charge is 2.18. The number of pyridine rings is 1. The maximum Gasteiger partial charge on any atom is 0.0907 e. The predicted molar refractivity (Wildman–Crippen MR) is 78.9 cm³/mol. The van der Waals surface area contributed by atoms with Gasteiger partial charge in [-0.2, -0.15) is 5.10 Å². The molecule has 1 aromatic carbocycles. The van der Waals surface area contributed by atoms with Crippen LogP contribution in [0.4, 0.5) is 0 Å². The molecule has 0 amide bonds. The monoisotopic (exact) mass is 267 g/mol. The fraction of sp³-hybridized carbons (Fsp3) is 0.200. The third kappa shape index (κ3) is 2.17. The first-order valence-corrected chi connectivity index (χ1v) is 6.51. The van der Waals surface area contributed by atoms with E-state index in [4.69, 9.17) is 5.84 Å². The molecule has 20 heavy (non-hydrogen) atoms. The van der Waals surface area contributed by atoms with E-state index in [1.54, 1.807) is 4.68 Å². The van der Waals surface area contributed by atoms with Gasteiger partial charge in [-0.1, -0.05) is 18.2 Å². The Morgan fingerprint density at radius 2 is 2.05 bits per heavy atom. The quantitative estimate of drug-likeness (QED) is 0.561. The van der Waals surface area contributed by atoms with Crippen molar-refractivity contribution < 1.29 is 0 Å². The van der Waals surface area contributed by atoms with Crippen LogP contribution in [0.1, 0.15) is 23.0 Å². The molecule has 2 heterocycles. The molecule has 1 atom stereocenters. The number of nitrogens with two attached hydrogens (primary N) is 1. The van der Waals surface area contributed by atoms with Crippen LogP contribution in [0.15, 0.2) is 42.6 Å². The number of nitrogens with zero attached hydrogens (tertiary/aromatic N) is 3. The summed E-state index contributed by atoms with van der Waals surface area (Å²) >= 11 is 0. The molecule has 0 bridgehead atoms. The number of hydrazine groups is 1. The highest BCUT2D eigenvalue weighted by molar-refractivity contribution is 5.83. The second kappa shape index (κ2) is 5.03. The number of para-hydroxylation sites is 1. The Hall–Kier alpha value is -2.24. The Bertz CT molecular complexity index is 747. The van der Waals surface area contributed by atoms with Gasteiger partial charge < -0.3 is 0 Å².